The Bertz CT molecular complexity index is 706. The molecule has 24 heavy (non-hydrogen) atoms. The van der Waals surface area contributed by atoms with Crippen molar-refractivity contribution in [2.75, 3.05) is 6.61 Å². The summed E-state index contributed by atoms with van der Waals surface area (Å²) in [5.41, 5.74) is 1.10. The summed E-state index contributed by atoms with van der Waals surface area (Å²) in [4.78, 5) is 37.0. The van der Waals surface area contributed by atoms with E-state index in [2.05, 4.69) is 5.32 Å². The second kappa shape index (κ2) is 6.66. The van der Waals surface area contributed by atoms with E-state index in [9.17, 15) is 24.6 Å². The fourth-order valence-corrected chi connectivity index (χ4v) is 4.06. The topological polar surface area (TPSA) is 107 Å². The maximum absolute atomic E-state index is 12.3. The van der Waals surface area contributed by atoms with Gasteiger partial charge in [0.2, 0.25) is 11.8 Å². The van der Waals surface area contributed by atoms with Gasteiger partial charge < -0.3 is 20.4 Å². The molecular formula is C16H16N2O5S. The normalized spacial score (nSPS) is 25.4. The van der Waals surface area contributed by atoms with Crippen LogP contribution >= 0.6 is 11.8 Å². The van der Waals surface area contributed by atoms with Crippen molar-refractivity contribution in [3.8, 4) is 0 Å². The number of benzene rings is 1. The predicted molar refractivity (Wildman–Crippen MR) is 86.9 cm³/mol. The zero-order valence-corrected chi connectivity index (χ0v) is 13.4. The Labute approximate surface area is 142 Å². The number of nitrogens with zero attached hydrogens (tertiary/aromatic N) is 1. The van der Waals surface area contributed by atoms with Gasteiger partial charge in [-0.3, -0.25) is 9.59 Å². The standard InChI is InChI=1S/C16H16N2O5S/c19-7-10-8-24-15-12(14(21)18(15)13(10)16(22)23)17-11(20)6-9-4-2-1-3-5-9/h1-5,8,12-13,15,19H,6-7H2,(H,17,20)(H,22,23)/t12?,13?,15-/m0/s1. The second-order valence-electron chi connectivity index (χ2n) is 5.57. The van der Waals surface area contributed by atoms with Crippen molar-refractivity contribution >= 4 is 29.5 Å². The maximum atomic E-state index is 12.3. The third kappa shape index (κ3) is 2.90. The van der Waals surface area contributed by atoms with E-state index in [0.717, 1.165) is 5.56 Å². The number of amides is 2. The van der Waals surface area contributed by atoms with Gasteiger partial charge >= 0.3 is 5.97 Å². The Morgan fingerprint density at radius 3 is 2.58 bits per heavy atom. The van der Waals surface area contributed by atoms with E-state index in [1.54, 1.807) is 5.41 Å². The first-order valence-electron chi connectivity index (χ1n) is 7.36. The van der Waals surface area contributed by atoms with E-state index in [0.29, 0.717) is 0 Å². The molecule has 0 aromatic heterocycles. The summed E-state index contributed by atoms with van der Waals surface area (Å²) in [5.74, 6) is -1.92. The molecule has 1 aromatic rings. The molecule has 0 spiro atoms. The number of β-lactam (4-membered cyclic amide) rings is 1. The summed E-state index contributed by atoms with van der Waals surface area (Å²) >= 11 is 1.23. The van der Waals surface area contributed by atoms with Gasteiger partial charge in [0.25, 0.3) is 0 Å². The fraction of sp³-hybridized carbons (Fsp3) is 0.312. The summed E-state index contributed by atoms with van der Waals surface area (Å²) in [6.45, 7) is -0.425. The molecule has 1 aromatic carbocycles. The number of carbonyl (C=O) groups is 3. The highest BCUT2D eigenvalue weighted by molar-refractivity contribution is 8.02. The molecule has 126 valence electrons. The first-order chi connectivity index (χ1) is 11.5. The molecule has 0 bridgehead atoms. The first-order valence-corrected chi connectivity index (χ1v) is 8.30. The van der Waals surface area contributed by atoms with Gasteiger partial charge in [-0.05, 0) is 16.5 Å². The van der Waals surface area contributed by atoms with Crippen molar-refractivity contribution in [1.29, 1.82) is 0 Å². The zero-order chi connectivity index (χ0) is 17.3. The molecule has 3 atom stereocenters. The molecule has 1 fully saturated rings. The Hall–Kier alpha value is -2.32. The number of aliphatic carboxylic acids is 1. The molecule has 2 amide bonds. The average Bonchev–Trinajstić information content (AvgIpc) is 2.58. The molecule has 2 aliphatic rings. The SMILES string of the molecule is O=C(Cc1ccccc1)NC1C(=O)N2C(C(=O)O)C(CO)=CS[C@@H]12. The van der Waals surface area contributed by atoms with Crippen LogP contribution in [-0.2, 0) is 20.8 Å². The lowest BCUT2D eigenvalue weighted by molar-refractivity contribution is -0.160. The van der Waals surface area contributed by atoms with Crippen molar-refractivity contribution in [1.82, 2.24) is 10.2 Å². The van der Waals surface area contributed by atoms with Crippen LogP contribution < -0.4 is 5.32 Å². The number of carboxylic acids is 1. The van der Waals surface area contributed by atoms with Crippen LogP contribution in [0.3, 0.4) is 0 Å². The van der Waals surface area contributed by atoms with E-state index in [1.165, 1.54) is 16.7 Å². The number of fused-ring (bicyclic) bond motifs is 1. The van der Waals surface area contributed by atoms with Crippen LogP contribution in [0.5, 0.6) is 0 Å². The second-order valence-corrected chi connectivity index (χ2v) is 6.56. The van der Waals surface area contributed by atoms with E-state index in [4.69, 9.17) is 0 Å². The predicted octanol–water partition coefficient (Wildman–Crippen LogP) is -0.0416. The van der Waals surface area contributed by atoms with Gasteiger partial charge in [-0.2, -0.15) is 0 Å². The van der Waals surface area contributed by atoms with Gasteiger partial charge in [-0.15, -0.1) is 11.8 Å². The van der Waals surface area contributed by atoms with Crippen LogP contribution in [0.2, 0.25) is 0 Å². The minimum atomic E-state index is -1.19. The number of nitrogens with one attached hydrogen (secondary N) is 1. The smallest absolute Gasteiger partial charge is 0.330 e. The third-order valence-corrected chi connectivity index (χ3v) is 5.23. The summed E-state index contributed by atoms with van der Waals surface area (Å²) in [5, 5.41) is 22.3. The quantitative estimate of drug-likeness (QED) is 0.645. The molecule has 0 saturated carbocycles. The summed E-state index contributed by atoms with van der Waals surface area (Å²) in [6.07, 6.45) is 0.155. The first kappa shape index (κ1) is 16.5. The number of carbonyl (C=O) groups excluding carboxylic acids is 2. The number of carboxylic acid groups (broad SMARTS) is 1. The Balaban J connectivity index is 1.68. The maximum Gasteiger partial charge on any atom is 0.330 e. The molecule has 2 unspecified atom stereocenters. The number of aliphatic hydroxyl groups is 1. The van der Waals surface area contributed by atoms with Crippen LogP contribution in [0, 0.1) is 0 Å². The molecule has 8 heteroatoms. The highest BCUT2D eigenvalue weighted by Crippen LogP contribution is 2.39. The lowest BCUT2D eigenvalue weighted by Gasteiger charge is -2.51. The van der Waals surface area contributed by atoms with Crippen LogP contribution in [0.15, 0.2) is 41.3 Å². The van der Waals surface area contributed by atoms with E-state index < -0.39 is 35.9 Å². The molecule has 2 aliphatic heterocycles. The third-order valence-electron chi connectivity index (χ3n) is 4.01. The van der Waals surface area contributed by atoms with Crippen molar-refractivity contribution in [3.05, 3.63) is 46.9 Å². The fourth-order valence-electron chi connectivity index (χ4n) is 2.85. The van der Waals surface area contributed by atoms with E-state index in [-0.39, 0.29) is 17.9 Å². The van der Waals surface area contributed by atoms with Crippen LogP contribution in [-0.4, -0.2) is 57.0 Å². The number of thioether (sulfide) groups is 1. The highest BCUT2D eigenvalue weighted by atomic mass is 32.2. The number of hydrogen-bond acceptors (Lipinski definition) is 5. The highest BCUT2D eigenvalue weighted by Gasteiger charge is 2.55. The monoisotopic (exact) mass is 348 g/mol. The Morgan fingerprint density at radius 1 is 1.25 bits per heavy atom. The average molecular weight is 348 g/mol. The van der Waals surface area contributed by atoms with Gasteiger partial charge in [0.1, 0.15) is 11.4 Å². The Morgan fingerprint density at radius 2 is 1.96 bits per heavy atom. The van der Waals surface area contributed by atoms with Crippen molar-refractivity contribution in [2.24, 2.45) is 0 Å². The minimum absolute atomic E-state index is 0.155. The minimum Gasteiger partial charge on any atom is -0.479 e. The zero-order valence-electron chi connectivity index (χ0n) is 12.6. The molecule has 3 rings (SSSR count). The molecule has 1 saturated heterocycles. The molecule has 0 radical (unpaired) electrons. The van der Waals surface area contributed by atoms with Crippen LogP contribution in [0.1, 0.15) is 5.56 Å². The summed E-state index contributed by atoms with van der Waals surface area (Å²) in [6, 6.07) is 7.23. The van der Waals surface area contributed by atoms with Crippen LogP contribution in [0.4, 0.5) is 0 Å². The Kier molecular flexibility index (Phi) is 4.59. The van der Waals surface area contributed by atoms with Gasteiger partial charge in [-0.1, -0.05) is 30.3 Å². The van der Waals surface area contributed by atoms with Gasteiger partial charge in [-0.25, -0.2) is 4.79 Å². The molecule has 3 N–H and O–H groups in total. The van der Waals surface area contributed by atoms with Gasteiger partial charge in [0.05, 0.1) is 13.0 Å². The molecular weight excluding hydrogens is 332 g/mol. The number of hydrogen-bond donors (Lipinski definition) is 3. The lowest BCUT2D eigenvalue weighted by Crippen LogP contribution is -2.74. The van der Waals surface area contributed by atoms with Crippen molar-refractivity contribution < 1.29 is 24.6 Å². The molecule has 2 heterocycles. The van der Waals surface area contributed by atoms with Crippen molar-refractivity contribution in [3.63, 3.8) is 0 Å². The van der Waals surface area contributed by atoms with E-state index in [1.807, 2.05) is 30.3 Å². The lowest BCUT2D eigenvalue weighted by atomic mass is 9.98. The van der Waals surface area contributed by atoms with Crippen LogP contribution in [0.25, 0.3) is 0 Å². The molecule has 7 nitrogen and oxygen atoms in total. The van der Waals surface area contributed by atoms with Crippen molar-refractivity contribution in [2.45, 2.75) is 23.9 Å². The number of rotatable bonds is 5. The number of aliphatic hydroxyl groups excluding tert-OH is 1. The summed E-state index contributed by atoms with van der Waals surface area (Å²) in [7, 11) is 0. The van der Waals surface area contributed by atoms with Gasteiger partial charge in [0, 0.05) is 0 Å². The largest absolute Gasteiger partial charge is 0.479 e. The van der Waals surface area contributed by atoms with E-state index >= 15 is 0 Å². The molecule has 0 aliphatic carbocycles. The van der Waals surface area contributed by atoms with Gasteiger partial charge in [0.15, 0.2) is 6.04 Å². The summed E-state index contributed by atoms with van der Waals surface area (Å²) < 4.78 is 0.